The van der Waals surface area contributed by atoms with Gasteiger partial charge in [0.25, 0.3) is 0 Å². The average Bonchev–Trinajstić information content (AvgIpc) is 1.97. The predicted octanol–water partition coefficient (Wildman–Crippen LogP) is 1.64. The number of hydrogen-bond donors (Lipinski definition) is 1. The van der Waals surface area contributed by atoms with Crippen LogP contribution in [0.5, 0.6) is 0 Å². The Bertz CT molecular complexity index is 70.6. The Morgan fingerprint density at radius 1 is 1.00 bits per heavy atom. The molecule has 1 aliphatic rings. The van der Waals surface area contributed by atoms with Crippen molar-refractivity contribution < 1.29 is 0 Å². The van der Waals surface area contributed by atoms with Gasteiger partial charge in [-0.2, -0.15) is 0 Å². The van der Waals surface area contributed by atoms with Crippen molar-refractivity contribution in [2.75, 3.05) is 13.1 Å². The lowest BCUT2D eigenvalue weighted by atomic mass is 10.0. The maximum Gasteiger partial charge on any atom is -0.00230 e. The van der Waals surface area contributed by atoms with E-state index in [4.69, 9.17) is 0 Å². The molecule has 0 bridgehead atoms. The molecule has 0 unspecified atom stereocenters. The smallest absolute Gasteiger partial charge is 0.00230 e. The Balaban J connectivity index is 2.25. The minimum absolute atomic E-state index is 0.898. The monoisotopic (exact) mass is 127 g/mol. The van der Waals surface area contributed by atoms with Crippen LogP contribution in [0.1, 0.15) is 26.7 Å². The SMILES string of the molecule is C[C@H]1CC[C@H](C)CNC1. The summed E-state index contributed by atoms with van der Waals surface area (Å²) >= 11 is 0. The van der Waals surface area contributed by atoms with Gasteiger partial charge in [-0.1, -0.05) is 13.8 Å². The normalized spacial score (nSPS) is 38.0. The van der Waals surface area contributed by atoms with E-state index in [2.05, 4.69) is 19.2 Å². The van der Waals surface area contributed by atoms with E-state index in [9.17, 15) is 0 Å². The van der Waals surface area contributed by atoms with Crippen molar-refractivity contribution in [1.29, 1.82) is 0 Å². The molecule has 1 rings (SSSR count). The van der Waals surface area contributed by atoms with Crippen LogP contribution < -0.4 is 5.32 Å². The summed E-state index contributed by atoms with van der Waals surface area (Å²) < 4.78 is 0. The molecular formula is C8H17N. The Morgan fingerprint density at radius 2 is 1.44 bits per heavy atom. The summed E-state index contributed by atoms with van der Waals surface area (Å²) in [4.78, 5) is 0. The van der Waals surface area contributed by atoms with Gasteiger partial charge in [-0.25, -0.2) is 0 Å². The van der Waals surface area contributed by atoms with E-state index in [1.165, 1.54) is 25.9 Å². The zero-order chi connectivity index (χ0) is 6.69. The van der Waals surface area contributed by atoms with Crippen LogP contribution in [0.2, 0.25) is 0 Å². The van der Waals surface area contributed by atoms with Gasteiger partial charge in [0.2, 0.25) is 0 Å². The second kappa shape index (κ2) is 3.21. The maximum absolute atomic E-state index is 3.45. The summed E-state index contributed by atoms with van der Waals surface area (Å²) in [6.07, 6.45) is 2.82. The van der Waals surface area contributed by atoms with E-state index < -0.39 is 0 Å². The summed E-state index contributed by atoms with van der Waals surface area (Å²) in [5, 5.41) is 3.45. The average molecular weight is 127 g/mol. The van der Waals surface area contributed by atoms with Gasteiger partial charge in [-0.05, 0) is 37.8 Å². The van der Waals surface area contributed by atoms with Crippen molar-refractivity contribution in [2.45, 2.75) is 26.7 Å². The minimum atomic E-state index is 0.898. The Morgan fingerprint density at radius 3 is 1.89 bits per heavy atom. The third-order valence-electron chi connectivity index (χ3n) is 2.14. The van der Waals surface area contributed by atoms with Gasteiger partial charge in [0.05, 0.1) is 0 Å². The molecule has 1 N–H and O–H groups in total. The molecule has 9 heavy (non-hydrogen) atoms. The molecule has 0 aromatic heterocycles. The predicted molar refractivity (Wildman–Crippen MR) is 40.4 cm³/mol. The number of rotatable bonds is 0. The molecule has 1 nitrogen and oxygen atoms in total. The summed E-state index contributed by atoms with van der Waals surface area (Å²) in [6.45, 7) is 7.10. The molecule has 2 atom stereocenters. The number of hydrogen-bond acceptors (Lipinski definition) is 1. The maximum atomic E-state index is 3.45. The molecule has 0 spiro atoms. The van der Waals surface area contributed by atoms with Gasteiger partial charge in [0.1, 0.15) is 0 Å². The Hall–Kier alpha value is -0.0400. The molecule has 0 aromatic rings. The van der Waals surface area contributed by atoms with E-state index in [1.807, 2.05) is 0 Å². The molecule has 0 aliphatic carbocycles. The quantitative estimate of drug-likeness (QED) is 0.521. The first-order valence-corrected chi connectivity index (χ1v) is 3.99. The lowest BCUT2D eigenvalue weighted by Gasteiger charge is -2.04. The van der Waals surface area contributed by atoms with Gasteiger partial charge in [-0.15, -0.1) is 0 Å². The van der Waals surface area contributed by atoms with E-state index in [1.54, 1.807) is 0 Å². The van der Waals surface area contributed by atoms with Crippen LogP contribution in [0.3, 0.4) is 0 Å². The fraction of sp³-hybridized carbons (Fsp3) is 1.00. The number of nitrogens with one attached hydrogen (secondary N) is 1. The molecule has 1 heteroatoms. The van der Waals surface area contributed by atoms with Crippen LogP contribution in [-0.2, 0) is 0 Å². The van der Waals surface area contributed by atoms with Crippen molar-refractivity contribution in [2.24, 2.45) is 11.8 Å². The lowest BCUT2D eigenvalue weighted by molar-refractivity contribution is 0.498. The van der Waals surface area contributed by atoms with E-state index in [-0.39, 0.29) is 0 Å². The fourth-order valence-electron chi connectivity index (χ4n) is 1.35. The Kier molecular flexibility index (Phi) is 2.52. The highest BCUT2D eigenvalue weighted by atomic mass is 14.9. The molecule has 0 aromatic carbocycles. The molecule has 54 valence electrons. The highest BCUT2D eigenvalue weighted by Crippen LogP contribution is 2.14. The lowest BCUT2D eigenvalue weighted by Crippen LogP contribution is -2.21. The molecule has 0 amide bonds. The van der Waals surface area contributed by atoms with Gasteiger partial charge in [0, 0.05) is 0 Å². The molecule has 0 saturated carbocycles. The van der Waals surface area contributed by atoms with Crippen molar-refractivity contribution in [3.05, 3.63) is 0 Å². The summed E-state index contributed by atoms with van der Waals surface area (Å²) in [5.74, 6) is 1.80. The van der Waals surface area contributed by atoms with Crippen LogP contribution in [0, 0.1) is 11.8 Å². The fourth-order valence-corrected chi connectivity index (χ4v) is 1.35. The van der Waals surface area contributed by atoms with Gasteiger partial charge >= 0.3 is 0 Å². The standard InChI is InChI=1S/C8H17N/c1-7-3-4-8(2)6-9-5-7/h7-9H,3-6H2,1-2H3/t7-,8-/m0/s1. The van der Waals surface area contributed by atoms with Crippen molar-refractivity contribution in [3.63, 3.8) is 0 Å². The van der Waals surface area contributed by atoms with Crippen LogP contribution in [0.15, 0.2) is 0 Å². The third kappa shape index (κ3) is 2.35. The Labute approximate surface area is 57.8 Å². The zero-order valence-corrected chi connectivity index (χ0v) is 6.48. The summed E-state index contributed by atoms with van der Waals surface area (Å²) in [5.41, 5.74) is 0. The van der Waals surface area contributed by atoms with E-state index in [0.29, 0.717) is 0 Å². The topological polar surface area (TPSA) is 12.0 Å². The van der Waals surface area contributed by atoms with Crippen LogP contribution in [0.4, 0.5) is 0 Å². The van der Waals surface area contributed by atoms with E-state index >= 15 is 0 Å². The molecule has 0 radical (unpaired) electrons. The van der Waals surface area contributed by atoms with Gasteiger partial charge in [-0.3, -0.25) is 0 Å². The van der Waals surface area contributed by atoms with Crippen LogP contribution in [-0.4, -0.2) is 13.1 Å². The highest BCUT2D eigenvalue weighted by molar-refractivity contribution is 4.67. The second-order valence-corrected chi connectivity index (χ2v) is 3.45. The largest absolute Gasteiger partial charge is 0.316 e. The summed E-state index contributed by atoms with van der Waals surface area (Å²) in [6, 6.07) is 0. The second-order valence-electron chi connectivity index (χ2n) is 3.45. The van der Waals surface area contributed by atoms with Crippen molar-refractivity contribution >= 4 is 0 Å². The van der Waals surface area contributed by atoms with Crippen LogP contribution >= 0.6 is 0 Å². The first-order chi connectivity index (χ1) is 4.29. The van der Waals surface area contributed by atoms with Gasteiger partial charge < -0.3 is 5.32 Å². The van der Waals surface area contributed by atoms with Gasteiger partial charge in [0.15, 0.2) is 0 Å². The minimum Gasteiger partial charge on any atom is -0.316 e. The first-order valence-electron chi connectivity index (χ1n) is 3.99. The molecule has 1 aliphatic heterocycles. The van der Waals surface area contributed by atoms with E-state index in [0.717, 1.165) is 11.8 Å². The zero-order valence-electron chi connectivity index (χ0n) is 6.48. The van der Waals surface area contributed by atoms with Crippen molar-refractivity contribution in [1.82, 2.24) is 5.32 Å². The molecular weight excluding hydrogens is 110 g/mol. The van der Waals surface area contributed by atoms with Crippen LogP contribution in [0.25, 0.3) is 0 Å². The molecule has 1 heterocycles. The molecule has 1 saturated heterocycles. The highest BCUT2D eigenvalue weighted by Gasteiger charge is 2.10. The van der Waals surface area contributed by atoms with Crippen molar-refractivity contribution in [3.8, 4) is 0 Å². The first kappa shape index (κ1) is 7.07. The molecule has 1 fully saturated rings. The summed E-state index contributed by atoms with van der Waals surface area (Å²) in [7, 11) is 0. The third-order valence-corrected chi connectivity index (χ3v) is 2.14.